The molecular weight excluding hydrogens is 275 g/mol. The van der Waals surface area contributed by atoms with Crippen LogP contribution in [0.2, 0.25) is 0 Å². The van der Waals surface area contributed by atoms with E-state index < -0.39 is 10.3 Å². The normalized spacial score (nSPS) is 11.6. The molecular formula is C14H17FN4O2. The van der Waals surface area contributed by atoms with Gasteiger partial charge in [0.15, 0.2) is 0 Å². The maximum absolute atomic E-state index is 13.2. The smallest absolute Gasteiger partial charge is 0.334 e. The Morgan fingerprint density at radius 2 is 2.10 bits per heavy atom. The van der Waals surface area contributed by atoms with Crippen LogP contribution >= 0.6 is 0 Å². The number of hydrogen-bond donors (Lipinski definition) is 1. The maximum atomic E-state index is 13.2. The van der Waals surface area contributed by atoms with Crippen LogP contribution in [-0.2, 0) is 12.0 Å². The summed E-state index contributed by atoms with van der Waals surface area (Å²) in [6, 6.07) is 5.97. The molecule has 21 heavy (non-hydrogen) atoms. The third-order valence-corrected chi connectivity index (χ3v) is 3.08. The number of anilines is 1. The largest absolute Gasteiger partial charge is 0.378 e. The molecule has 1 aromatic carbocycles. The second-order valence-electron chi connectivity index (χ2n) is 5.88. The minimum Gasteiger partial charge on any atom is -0.378 e. The van der Waals surface area contributed by atoms with Crippen molar-refractivity contribution in [2.24, 2.45) is 0 Å². The molecule has 0 unspecified atom stereocenters. The molecule has 0 aliphatic carbocycles. The van der Waals surface area contributed by atoms with Gasteiger partial charge >= 0.3 is 5.69 Å². The Hall–Kier alpha value is -2.44. The van der Waals surface area contributed by atoms with Crippen LogP contribution in [-0.4, -0.2) is 14.7 Å². The lowest BCUT2D eigenvalue weighted by molar-refractivity contribution is -0.385. The highest BCUT2D eigenvalue weighted by Gasteiger charge is 2.33. The standard InChI is InChI=1S/C14H17FN4O2/c1-14(2,3)12-11(19(20)21)13(16)18(17-12)8-9-5-4-6-10(15)7-9/h4-7H,8,16H2,1-3H3. The number of rotatable bonds is 3. The van der Waals surface area contributed by atoms with E-state index in [1.807, 2.05) is 20.8 Å². The molecule has 0 spiro atoms. The first-order valence-electron chi connectivity index (χ1n) is 6.45. The first-order valence-corrected chi connectivity index (χ1v) is 6.45. The lowest BCUT2D eigenvalue weighted by atomic mass is 9.91. The van der Waals surface area contributed by atoms with E-state index in [0.717, 1.165) is 0 Å². The van der Waals surface area contributed by atoms with E-state index in [2.05, 4.69) is 5.10 Å². The van der Waals surface area contributed by atoms with Crippen LogP contribution in [0.15, 0.2) is 24.3 Å². The van der Waals surface area contributed by atoms with Crippen LogP contribution in [0.4, 0.5) is 15.9 Å². The second-order valence-corrected chi connectivity index (χ2v) is 5.88. The highest BCUT2D eigenvalue weighted by molar-refractivity contribution is 5.58. The second kappa shape index (κ2) is 5.16. The van der Waals surface area contributed by atoms with Gasteiger partial charge in [-0.15, -0.1) is 0 Å². The molecule has 112 valence electrons. The lowest BCUT2D eigenvalue weighted by Gasteiger charge is -2.13. The molecule has 0 amide bonds. The summed E-state index contributed by atoms with van der Waals surface area (Å²) in [4.78, 5) is 10.7. The van der Waals surface area contributed by atoms with Gasteiger partial charge in [-0.05, 0) is 17.7 Å². The highest BCUT2D eigenvalue weighted by atomic mass is 19.1. The van der Waals surface area contributed by atoms with Crippen molar-refractivity contribution >= 4 is 11.5 Å². The third kappa shape index (κ3) is 3.01. The molecule has 6 nitrogen and oxygen atoms in total. The third-order valence-electron chi connectivity index (χ3n) is 3.08. The van der Waals surface area contributed by atoms with E-state index in [-0.39, 0.29) is 23.9 Å². The molecule has 0 aliphatic rings. The monoisotopic (exact) mass is 292 g/mol. The first-order chi connectivity index (χ1) is 9.70. The lowest BCUT2D eigenvalue weighted by Crippen LogP contribution is -2.14. The molecule has 0 radical (unpaired) electrons. The van der Waals surface area contributed by atoms with Crippen LogP contribution < -0.4 is 5.73 Å². The molecule has 2 N–H and O–H groups in total. The van der Waals surface area contributed by atoms with Gasteiger partial charge in [-0.1, -0.05) is 32.9 Å². The summed E-state index contributed by atoms with van der Waals surface area (Å²) in [5.74, 6) is -0.391. The molecule has 0 aliphatic heterocycles. The van der Waals surface area contributed by atoms with E-state index in [1.54, 1.807) is 12.1 Å². The Labute approximate surface area is 121 Å². The number of nitro groups is 1. The van der Waals surface area contributed by atoms with Gasteiger partial charge in [0.1, 0.15) is 11.5 Å². The molecule has 2 rings (SSSR count). The number of hydrogen-bond acceptors (Lipinski definition) is 4. The van der Waals surface area contributed by atoms with Gasteiger partial charge in [-0.3, -0.25) is 10.1 Å². The van der Waals surface area contributed by atoms with Crippen LogP contribution in [0.25, 0.3) is 0 Å². The minimum atomic E-state index is -0.523. The average molecular weight is 292 g/mol. The summed E-state index contributed by atoms with van der Waals surface area (Å²) in [6.07, 6.45) is 0. The number of aromatic nitrogens is 2. The minimum absolute atomic E-state index is 0.0193. The fraction of sp³-hybridized carbons (Fsp3) is 0.357. The molecule has 2 aromatic rings. The fourth-order valence-corrected chi connectivity index (χ4v) is 2.08. The molecule has 0 saturated carbocycles. The maximum Gasteiger partial charge on any atom is 0.334 e. The highest BCUT2D eigenvalue weighted by Crippen LogP contribution is 2.34. The van der Waals surface area contributed by atoms with Crippen molar-refractivity contribution in [3.63, 3.8) is 0 Å². The van der Waals surface area contributed by atoms with Crippen molar-refractivity contribution in [3.05, 3.63) is 51.5 Å². The predicted molar refractivity (Wildman–Crippen MR) is 77.5 cm³/mol. The van der Waals surface area contributed by atoms with Crippen molar-refractivity contribution < 1.29 is 9.31 Å². The van der Waals surface area contributed by atoms with Crippen molar-refractivity contribution in [3.8, 4) is 0 Å². The summed E-state index contributed by atoms with van der Waals surface area (Å²) < 4.78 is 14.5. The van der Waals surface area contributed by atoms with Crippen LogP contribution in [0.3, 0.4) is 0 Å². The molecule has 0 bridgehead atoms. The van der Waals surface area contributed by atoms with E-state index in [4.69, 9.17) is 5.73 Å². The predicted octanol–water partition coefficient (Wildman–Crippen LogP) is 2.86. The summed E-state index contributed by atoms with van der Waals surface area (Å²) in [7, 11) is 0. The van der Waals surface area contributed by atoms with Gasteiger partial charge in [-0.2, -0.15) is 5.10 Å². The summed E-state index contributed by atoms with van der Waals surface area (Å²) in [5.41, 5.74) is 6.12. The van der Waals surface area contributed by atoms with E-state index in [1.165, 1.54) is 16.8 Å². The fourth-order valence-electron chi connectivity index (χ4n) is 2.08. The Bertz CT molecular complexity index is 689. The molecule has 7 heteroatoms. The average Bonchev–Trinajstić information content (AvgIpc) is 2.67. The zero-order valence-corrected chi connectivity index (χ0v) is 12.1. The number of nitrogen functional groups attached to an aromatic ring is 1. The van der Waals surface area contributed by atoms with Crippen molar-refractivity contribution in [1.29, 1.82) is 0 Å². The number of halogens is 1. The molecule has 0 saturated heterocycles. The zero-order chi connectivity index (χ0) is 15.8. The number of benzene rings is 1. The van der Waals surface area contributed by atoms with Crippen LogP contribution in [0.1, 0.15) is 32.0 Å². The van der Waals surface area contributed by atoms with Crippen molar-refractivity contribution in [2.75, 3.05) is 5.73 Å². The molecule has 0 fully saturated rings. The van der Waals surface area contributed by atoms with Crippen LogP contribution in [0, 0.1) is 15.9 Å². The van der Waals surface area contributed by atoms with Gasteiger partial charge in [-0.25, -0.2) is 9.07 Å². The summed E-state index contributed by atoms with van der Waals surface area (Å²) in [6.45, 7) is 5.66. The first kappa shape index (κ1) is 15.0. The Morgan fingerprint density at radius 1 is 1.43 bits per heavy atom. The van der Waals surface area contributed by atoms with Gasteiger partial charge in [0, 0.05) is 5.41 Å². The molecule has 1 heterocycles. The Morgan fingerprint density at radius 3 is 2.57 bits per heavy atom. The molecule has 0 atom stereocenters. The topological polar surface area (TPSA) is 87.0 Å². The van der Waals surface area contributed by atoms with E-state index in [0.29, 0.717) is 11.3 Å². The Kier molecular flexibility index (Phi) is 3.67. The van der Waals surface area contributed by atoms with Gasteiger partial charge in [0.2, 0.25) is 5.82 Å². The Balaban J connectivity index is 2.48. The van der Waals surface area contributed by atoms with Gasteiger partial charge in [0.25, 0.3) is 0 Å². The van der Waals surface area contributed by atoms with Crippen molar-refractivity contribution in [1.82, 2.24) is 9.78 Å². The molecule has 1 aromatic heterocycles. The summed E-state index contributed by atoms with van der Waals surface area (Å²) in [5, 5.41) is 15.5. The number of nitrogens with zero attached hydrogens (tertiary/aromatic N) is 3. The number of nitrogens with two attached hydrogens (primary N) is 1. The van der Waals surface area contributed by atoms with Crippen molar-refractivity contribution in [2.45, 2.75) is 32.7 Å². The van der Waals surface area contributed by atoms with Gasteiger partial charge < -0.3 is 5.73 Å². The summed E-state index contributed by atoms with van der Waals surface area (Å²) >= 11 is 0. The van der Waals surface area contributed by atoms with Crippen LogP contribution in [0.5, 0.6) is 0 Å². The zero-order valence-electron chi connectivity index (χ0n) is 12.1. The van der Waals surface area contributed by atoms with Gasteiger partial charge in [0.05, 0.1) is 11.5 Å². The quantitative estimate of drug-likeness (QED) is 0.696. The van der Waals surface area contributed by atoms with E-state index in [9.17, 15) is 14.5 Å². The van der Waals surface area contributed by atoms with E-state index >= 15 is 0 Å². The SMILES string of the molecule is CC(C)(C)c1nn(Cc2cccc(F)c2)c(N)c1[N+](=O)[O-].